The number of nitrogens with zero attached hydrogens (tertiary/aromatic N) is 2. The first kappa shape index (κ1) is 16.2. The number of carbonyl (C=O) groups is 1. The molecule has 0 N–H and O–H groups in total. The molecule has 1 saturated heterocycles. The Morgan fingerprint density at radius 3 is 2.52 bits per heavy atom. The second-order valence-corrected chi connectivity index (χ2v) is 8.31. The van der Waals surface area contributed by atoms with E-state index in [0.717, 1.165) is 32.6 Å². The third-order valence-electron chi connectivity index (χ3n) is 4.63. The molecule has 3 rings (SSSR count). The first-order valence-electron chi connectivity index (χ1n) is 7.85. The Hall–Kier alpha value is -1.66. The summed E-state index contributed by atoms with van der Waals surface area (Å²) in [6.45, 7) is 5.04. The second kappa shape index (κ2) is 6.09. The number of sulfone groups is 1. The first-order chi connectivity index (χ1) is 10.9. The van der Waals surface area contributed by atoms with Crippen LogP contribution in [0.1, 0.15) is 23.7 Å². The van der Waals surface area contributed by atoms with Crippen molar-refractivity contribution in [2.24, 2.45) is 0 Å². The summed E-state index contributed by atoms with van der Waals surface area (Å²) in [4.78, 5) is 16.5. The van der Waals surface area contributed by atoms with Gasteiger partial charge in [-0.2, -0.15) is 0 Å². The molecule has 2 aliphatic rings. The van der Waals surface area contributed by atoms with Crippen LogP contribution in [0.15, 0.2) is 35.2 Å². The lowest BCUT2D eigenvalue weighted by atomic mass is 10.1. The van der Waals surface area contributed by atoms with Crippen molar-refractivity contribution in [2.45, 2.75) is 24.3 Å². The Labute approximate surface area is 137 Å². The van der Waals surface area contributed by atoms with Crippen molar-refractivity contribution >= 4 is 21.3 Å². The Morgan fingerprint density at radius 2 is 1.91 bits per heavy atom. The van der Waals surface area contributed by atoms with E-state index in [1.54, 1.807) is 18.2 Å². The van der Waals surface area contributed by atoms with Gasteiger partial charge in [0, 0.05) is 44.0 Å². The molecule has 1 atom stereocenters. The van der Waals surface area contributed by atoms with Crippen molar-refractivity contribution in [3.63, 3.8) is 0 Å². The number of hydrogen-bond donors (Lipinski definition) is 0. The molecular formula is C17H22N2O3S. The van der Waals surface area contributed by atoms with Crippen LogP contribution in [0.2, 0.25) is 0 Å². The number of anilines is 1. The number of rotatable bonds is 4. The van der Waals surface area contributed by atoms with Gasteiger partial charge < -0.3 is 4.90 Å². The highest BCUT2D eigenvalue weighted by atomic mass is 32.2. The normalized spacial score (nSPS) is 22.0. The molecule has 0 unspecified atom stereocenters. The molecule has 0 spiro atoms. The smallest absolute Gasteiger partial charge is 0.177 e. The van der Waals surface area contributed by atoms with Crippen molar-refractivity contribution in [1.82, 2.24) is 4.90 Å². The molecule has 1 aromatic carbocycles. The fraction of sp³-hybridized carbons (Fsp3) is 0.471. The zero-order valence-electron chi connectivity index (χ0n) is 13.5. The van der Waals surface area contributed by atoms with E-state index in [9.17, 15) is 13.2 Å². The summed E-state index contributed by atoms with van der Waals surface area (Å²) in [7, 11) is -3.33. The van der Waals surface area contributed by atoms with Crippen LogP contribution in [-0.2, 0) is 9.84 Å². The molecule has 5 nitrogen and oxygen atoms in total. The van der Waals surface area contributed by atoms with Gasteiger partial charge >= 0.3 is 0 Å². The molecule has 6 heteroatoms. The molecule has 0 amide bonds. The molecule has 1 fully saturated rings. The lowest BCUT2D eigenvalue weighted by molar-refractivity contribution is 0.101. The number of benzene rings is 1. The van der Waals surface area contributed by atoms with Crippen LogP contribution in [0.25, 0.3) is 0 Å². The van der Waals surface area contributed by atoms with Crippen LogP contribution in [0.5, 0.6) is 0 Å². The summed E-state index contributed by atoms with van der Waals surface area (Å²) in [6, 6.07) is 5.31. The highest BCUT2D eigenvalue weighted by molar-refractivity contribution is 7.90. The number of Topliss-reactive ketones (excluding diaryl/α,β-unsaturated/α-hetero) is 1. The summed E-state index contributed by atoms with van der Waals surface area (Å²) in [5.74, 6) is -0.0502. The number of hydrogen-bond acceptors (Lipinski definition) is 5. The van der Waals surface area contributed by atoms with Crippen molar-refractivity contribution in [2.75, 3.05) is 37.3 Å². The summed E-state index contributed by atoms with van der Waals surface area (Å²) in [6.07, 6.45) is 6.56. The highest BCUT2D eigenvalue weighted by Crippen LogP contribution is 2.31. The van der Waals surface area contributed by atoms with Gasteiger partial charge in [0.15, 0.2) is 15.6 Å². The average Bonchev–Trinajstić information content (AvgIpc) is 3.16. The Bertz CT molecular complexity index is 747. The van der Waals surface area contributed by atoms with Crippen LogP contribution in [0, 0.1) is 0 Å². The van der Waals surface area contributed by atoms with E-state index in [0.29, 0.717) is 22.2 Å². The van der Waals surface area contributed by atoms with Gasteiger partial charge in [-0.25, -0.2) is 8.42 Å². The SMILES string of the molecule is CC(=O)c1ccc(S(C)(=O)=O)c(N2CC[C@H](N3CC=CC3)C2)c1. The van der Waals surface area contributed by atoms with Crippen molar-refractivity contribution in [3.05, 3.63) is 35.9 Å². The average molecular weight is 334 g/mol. The summed E-state index contributed by atoms with van der Waals surface area (Å²) < 4.78 is 24.2. The van der Waals surface area contributed by atoms with E-state index in [4.69, 9.17) is 0 Å². The minimum atomic E-state index is -3.33. The molecule has 1 aromatic rings. The Kier molecular flexibility index (Phi) is 4.29. The fourth-order valence-electron chi connectivity index (χ4n) is 3.35. The molecule has 124 valence electrons. The molecular weight excluding hydrogens is 312 g/mol. The first-order valence-corrected chi connectivity index (χ1v) is 9.74. The van der Waals surface area contributed by atoms with Crippen molar-refractivity contribution in [3.8, 4) is 0 Å². The summed E-state index contributed by atoms with van der Waals surface area (Å²) in [5.41, 5.74) is 1.22. The van der Waals surface area contributed by atoms with E-state index in [2.05, 4.69) is 22.0 Å². The van der Waals surface area contributed by atoms with Gasteiger partial charge in [-0.1, -0.05) is 12.2 Å². The maximum absolute atomic E-state index is 12.1. The van der Waals surface area contributed by atoms with Crippen LogP contribution in [-0.4, -0.2) is 57.6 Å². The topological polar surface area (TPSA) is 57.7 Å². The van der Waals surface area contributed by atoms with Crippen molar-refractivity contribution in [1.29, 1.82) is 0 Å². The Balaban J connectivity index is 1.91. The maximum Gasteiger partial charge on any atom is 0.177 e. The van der Waals surface area contributed by atoms with E-state index >= 15 is 0 Å². The van der Waals surface area contributed by atoms with Gasteiger partial charge in [0.05, 0.1) is 10.6 Å². The fourth-order valence-corrected chi connectivity index (χ4v) is 4.23. The lowest BCUT2D eigenvalue weighted by Crippen LogP contribution is -2.36. The minimum absolute atomic E-state index is 0.0502. The Morgan fingerprint density at radius 1 is 1.22 bits per heavy atom. The summed E-state index contributed by atoms with van der Waals surface area (Å²) >= 11 is 0. The molecule has 0 saturated carbocycles. The number of ketones is 1. The van der Waals surface area contributed by atoms with Gasteiger partial charge in [0.2, 0.25) is 0 Å². The molecule has 2 heterocycles. The van der Waals surface area contributed by atoms with Gasteiger partial charge in [-0.05, 0) is 31.5 Å². The van der Waals surface area contributed by atoms with Gasteiger partial charge in [-0.3, -0.25) is 9.69 Å². The van der Waals surface area contributed by atoms with E-state index in [-0.39, 0.29) is 5.78 Å². The molecule has 23 heavy (non-hydrogen) atoms. The molecule has 0 aromatic heterocycles. The third-order valence-corrected chi connectivity index (χ3v) is 5.78. The maximum atomic E-state index is 12.1. The largest absolute Gasteiger partial charge is 0.369 e. The molecule has 0 radical (unpaired) electrons. The molecule has 0 aliphatic carbocycles. The number of carbonyl (C=O) groups excluding carboxylic acids is 1. The van der Waals surface area contributed by atoms with E-state index < -0.39 is 9.84 Å². The third kappa shape index (κ3) is 3.33. The monoisotopic (exact) mass is 334 g/mol. The zero-order valence-corrected chi connectivity index (χ0v) is 14.3. The minimum Gasteiger partial charge on any atom is -0.369 e. The van der Waals surface area contributed by atoms with Gasteiger partial charge in [-0.15, -0.1) is 0 Å². The van der Waals surface area contributed by atoms with Gasteiger partial charge in [0.25, 0.3) is 0 Å². The van der Waals surface area contributed by atoms with Crippen LogP contribution >= 0.6 is 0 Å². The quantitative estimate of drug-likeness (QED) is 0.620. The highest BCUT2D eigenvalue weighted by Gasteiger charge is 2.30. The van der Waals surface area contributed by atoms with E-state index in [1.165, 1.54) is 13.2 Å². The van der Waals surface area contributed by atoms with E-state index in [1.807, 2.05) is 0 Å². The molecule has 0 bridgehead atoms. The molecule has 2 aliphatic heterocycles. The van der Waals surface area contributed by atoms with Crippen LogP contribution in [0.4, 0.5) is 5.69 Å². The van der Waals surface area contributed by atoms with Crippen LogP contribution < -0.4 is 4.90 Å². The summed E-state index contributed by atoms with van der Waals surface area (Å²) in [5, 5.41) is 0. The lowest BCUT2D eigenvalue weighted by Gasteiger charge is -2.25. The predicted molar refractivity (Wildman–Crippen MR) is 90.9 cm³/mol. The zero-order chi connectivity index (χ0) is 16.6. The van der Waals surface area contributed by atoms with Crippen molar-refractivity contribution < 1.29 is 13.2 Å². The van der Waals surface area contributed by atoms with Crippen LogP contribution in [0.3, 0.4) is 0 Å². The van der Waals surface area contributed by atoms with Gasteiger partial charge in [0.1, 0.15) is 0 Å². The standard InChI is InChI=1S/C17H22N2O3S/c1-13(20)14-5-6-17(23(2,21)22)16(11-14)19-10-7-15(12-19)18-8-3-4-9-18/h3-6,11,15H,7-10,12H2,1-2H3/t15-/m0/s1. The predicted octanol–water partition coefficient (Wildman–Crippen LogP) is 1.74. The second-order valence-electron chi connectivity index (χ2n) is 6.32.